The maximum Gasteiger partial charge on any atom is 0.236 e. The number of hydrogen-bond acceptors (Lipinski definition) is 4. The zero-order chi connectivity index (χ0) is 14.1. The highest BCUT2D eigenvalue weighted by Crippen LogP contribution is 2.06. The molecule has 0 aromatic rings. The first-order chi connectivity index (χ1) is 8.40. The van der Waals surface area contributed by atoms with Gasteiger partial charge in [-0.1, -0.05) is 13.8 Å². The van der Waals surface area contributed by atoms with Crippen molar-refractivity contribution in [1.82, 2.24) is 10.2 Å². The second kappa shape index (κ2) is 9.30. The van der Waals surface area contributed by atoms with Gasteiger partial charge < -0.3 is 20.7 Å². The molecule has 0 spiro atoms. The summed E-state index contributed by atoms with van der Waals surface area (Å²) in [6, 6.07) is -0.102. The summed E-state index contributed by atoms with van der Waals surface area (Å²) in [5, 5.41) is 2.93. The second-order valence-corrected chi connectivity index (χ2v) is 5.26. The molecule has 0 radical (unpaired) electrons. The van der Waals surface area contributed by atoms with Crippen LogP contribution in [0.15, 0.2) is 0 Å². The lowest BCUT2D eigenvalue weighted by Crippen LogP contribution is -2.48. The maximum absolute atomic E-state index is 11.8. The average molecular weight is 259 g/mol. The van der Waals surface area contributed by atoms with E-state index in [-0.39, 0.29) is 5.91 Å². The van der Waals surface area contributed by atoms with Crippen LogP contribution in [0.3, 0.4) is 0 Å². The van der Waals surface area contributed by atoms with Crippen LogP contribution in [-0.2, 0) is 9.53 Å². The Morgan fingerprint density at radius 2 is 2.00 bits per heavy atom. The highest BCUT2D eigenvalue weighted by Gasteiger charge is 2.18. The monoisotopic (exact) mass is 259 g/mol. The van der Waals surface area contributed by atoms with E-state index in [4.69, 9.17) is 10.5 Å². The molecular weight excluding hydrogens is 230 g/mol. The molecule has 0 aromatic carbocycles. The van der Waals surface area contributed by atoms with E-state index in [1.807, 2.05) is 14.1 Å². The zero-order valence-electron chi connectivity index (χ0n) is 12.4. The molecule has 0 aliphatic rings. The summed E-state index contributed by atoms with van der Waals surface area (Å²) >= 11 is 0. The molecule has 0 fully saturated rings. The Kier molecular flexibility index (Phi) is 8.97. The number of nitrogens with two attached hydrogens (primary N) is 1. The maximum atomic E-state index is 11.8. The van der Waals surface area contributed by atoms with Gasteiger partial charge in [0.25, 0.3) is 0 Å². The molecule has 18 heavy (non-hydrogen) atoms. The first kappa shape index (κ1) is 17.4. The van der Waals surface area contributed by atoms with Gasteiger partial charge in [0, 0.05) is 26.3 Å². The number of nitrogens with zero attached hydrogens (tertiary/aromatic N) is 1. The Hall–Kier alpha value is -0.650. The molecule has 0 aromatic heterocycles. The molecule has 0 rings (SSSR count). The van der Waals surface area contributed by atoms with Gasteiger partial charge >= 0.3 is 0 Å². The molecule has 0 aliphatic heterocycles. The van der Waals surface area contributed by atoms with Gasteiger partial charge in [0.15, 0.2) is 0 Å². The van der Waals surface area contributed by atoms with Crippen LogP contribution in [0.1, 0.15) is 26.7 Å². The van der Waals surface area contributed by atoms with E-state index in [1.54, 1.807) is 7.11 Å². The summed E-state index contributed by atoms with van der Waals surface area (Å²) in [4.78, 5) is 13.9. The molecule has 0 heterocycles. The number of likely N-dealkylation sites (N-methyl/N-ethyl adjacent to an activating group) is 1. The van der Waals surface area contributed by atoms with Crippen molar-refractivity contribution in [3.8, 4) is 0 Å². The minimum Gasteiger partial charge on any atom is -0.385 e. The third kappa shape index (κ3) is 6.93. The minimum absolute atomic E-state index is 0.0707. The third-order valence-corrected chi connectivity index (χ3v) is 3.12. The number of carbonyl (C=O) groups is 1. The van der Waals surface area contributed by atoms with Crippen LogP contribution in [0.5, 0.6) is 0 Å². The minimum atomic E-state index is -0.435. The van der Waals surface area contributed by atoms with Crippen molar-refractivity contribution in [3.63, 3.8) is 0 Å². The molecule has 0 saturated carbocycles. The Balaban J connectivity index is 3.99. The van der Waals surface area contributed by atoms with Crippen LogP contribution in [0, 0.1) is 5.92 Å². The van der Waals surface area contributed by atoms with E-state index in [1.165, 1.54) is 0 Å². The standard InChI is InChI=1S/C13H29N3O2/c1-10(2)12(16(3)4)9-15-13(17)11(14)7-6-8-18-5/h10-12H,6-9,14H2,1-5H3,(H,15,17). The van der Waals surface area contributed by atoms with E-state index >= 15 is 0 Å². The fraction of sp³-hybridized carbons (Fsp3) is 0.923. The molecule has 0 aliphatic carbocycles. The molecule has 1 amide bonds. The normalized spacial score (nSPS) is 14.9. The van der Waals surface area contributed by atoms with Gasteiger partial charge in [0.2, 0.25) is 5.91 Å². The van der Waals surface area contributed by atoms with E-state index in [9.17, 15) is 4.79 Å². The Morgan fingerprint density at radius 3 is 2.44 bits per heavy atom. The van der Waals surface area contributed by atoms with Crippen molar-refractivity contribution in [2.45, 2.75) is 38.8 Å². The summed E-state index contributed by atoms with van der Waals surface area (Å²) in [6.45, 7) is 5.58. The fourth-order valence-electron chi connectivity index (χ4n) is 1.93. The van der Waals surface area contributed by atoms with Gasteiger partial charge in [-0.3, -0.25) is 4.79 Å². The predicted octanol–water partition coefficient (Wildman–Crippen LogP) is 0.443. The smallest absolute Gasteiger partial charge is 0.236 e. The topological polar surface area (TPSA) is 67.6 Å². The average Bonchev–Trinajstić information content (AvgIpc) is 2.28. The van der Waals surface area contributed by atoms with E-state index < -0.39 is 6.04 Å². The summed E-state index contributed by atoms with van der Waals surface area (Å²) in [5.41, 5.74) is 5.82. The van der Waals surface area contributed by atoms with Crippen LogP contribution in [0.2, 0.25) is 0 Å². The summed E-state index contributed by atoms with van der Waals surface area (Å²) < 4.78 is 4.94. The molecule has 108 valence electrons. The number of hydrogen-bond donors (Lipinski definition) is 2. The van der Waals surface area contributed by atoms with E-state index in [0.29, 0.717) is 31.5 Å². The van der Waals surface area contributed by atoms with Gasteiger partial charge in [-0.2, -0.15) is 0 Å². The fourth-order valence-corrected chi connectivity index (χ4v) is 1.93. The molecule has 0 saturated heterocycles. The molecule has 3 N–H and O–H groups in total. The third-order valence-electron chi connectivity index (χ3n) is 3.12. The van der Waals surface area contributed by atoms with Crippen molar-refractivity contribution < 1.29 is 9.53 Å². The van der Waals surface area contributed by atoms with Crippen molar-refractivity contribution in [2.24, 2.45) is 11.7 Å². The van der Waals surface area contributed by atoms with Gasteiger partial charge in [0.1, 0.15) is 0 Å². The first-order valence-electron chi connectivity index (χ1n) is 6.58. The van der Waals surface area contributed by atoms with Crippen LogP contribution < -0.4 is 11.1 Å². The number of nitrogens with one attached hydrogen (secondary N) is 1. The Morgan fingerprint density at radius 1 is 1.39 bits per heavy atom. The predicted molar refractivity (Wildman–Crippen MR) is 74.4 cm³/mol. The van der Waals surface area contributed by atoms with Crippen LogP contribution >= 0.6 is 0 Å². The van der Waals surface area contributed by atoms with Gasteiger partial charge in [-0.15, -0.1) is 0 Å². The van der Waals surface area contributed by atoms with E-state index in [0.717, 1.165) is 6.42 Å². The highest BCUT2D eigenvalue weighted by atomic mass is 16.5. The van der Waals surface area contributed by atoms with Crippen molar-refractivity contribution in [2.75, 3.05) is 34.4 Å². The van der Waals surface area contributed by atoms with Gasteiger partial charge in [-0.25, -0.2) is 0 Å². The van der Waals surface area contributed by atoms with Crippen molar-refractivity contribution in [3.05, 3.63) is 0 Å². The molecule has 5 heteroatoms. The van der Waals surface area contributed by atoms with Crippen molar-refractivity contribution in [1.29, 1.82) is 0 Å². The lowest BCUT2D eigenvalue weighted by Gasteiger charge is -2.28. The number of ether oxygens (including phenoxy) is 1. The summed E-state index contributed by atoms with van der Waals surface area (Å²) in [5.74, 6) is 0.420. The number of rotatable bonds is 9. The molecule has 2 atom stereocenters. The Bertz CT molecular complexity index is 224. The van der Waals surface area contributed by atoms with Gasteiger partial charge in [-0.05, 0) is 32.9 Å². The lowest BCUT2D eigenvalue weighted by atomic mass is 10.0. The van der Waals surface area contributed by atoms with Crippen molar-refractivity contribution >= 4 is 5.91 Å². The zero-order valence-corrected chi connectivity index (χ0v) is 12.4. The number of methoxy groups -OCH3 is 1. The number of carbonyl (C=O) groups excluding carboxylic acids is 1. The second-order valence-electron chi connectivity index (χ2n) is 5.26. The molecule has 5 nitrogen and oxygen atoms in total. The highest BCUT2D eigenvalue weighted by molar-refractivity contribution is 5.81. The molecular formula is C13H29N3O2. The number of amides is 1. The van der Waals surface area contributed by atoms with Crippen LogP contribution in [0.4, 0.5) is 0 Å². The van der Waals surface area contributed by atoms with Crippen LogP contribution in [0.25, 0.3) is 0 Å². The van der Waals surface area contributed by atoms with Gasteiger partial charge in [0.05, 0.1) is 6.04 Å². The van der Waals surface area contributed by atoms with E-state index in [2.05, 4.69) is 24.1 Å². The largest absolute Gasteiger partial charge is 0.385 e. The summed E-state index contributed by atoms with van der Waals surface area (Å²) in [6.07, 6.45) is 1.47. The summed E-state index contributed by atoms with van der Waals surface area (Å²) in [7, 11) is 5.70. The SMILES string of the molecule is COCCCC(N)C(=O)NCC(C(C)C)N(C)C. The first-order valence-corrected chi connectivity index (χ1v) is 6.58. The lowest BCUT2D eigenvalue weighted by molar-refractivity contribution is -0.122. The quantitative estimate of drug-likeness (QED) is 0.590. The molecule has 2 unspecified atom stereocenters. The Labute approximate surface area is 111 Å². The molecule has 0 bridgehead atoms. The van der Waals surface area contributed by atoms with Crippen LogP contribution in [-0.4, -0.2) is 57.2 Å².